The lowest BCUT2D eigenvalue weighted by Gasteiger charge is -2.36. The maximum absolute atomic E-state index is 10.2. The third-order valence-electron chi connectivity index (χ3n) is 3.19. The summed E-state index contributed by atoms with van der Waals surface area (Å²) in [7, 11) is 0. The highest BCUT2D eigenvalue weighted by Gasteiger charge is 2.36. The lowest BCUT2D eigenvalue weighted by molar-refractivity contribution is -0.0391. The Kier molecular flexibility index (Phi) is 2.04. The van der Waals surface area contributed by atoms with Crippen molar-refractivity contribution in [2.75, 3.05) is 0 Å². The van der Waals surface area contributed by atoms with Gasteiger partial charge < -0.3 is 5.11 Å². The number of pyridine rings is 1. The van der Waals surface area contributed by atoms with Gasteiger partial charge in [-0.1, -0.05) is 6.07 Å². The van der Waals surface area contributed by atoms with Crippen LogP contribution in [0, 0.1) is 3.57 Å². The van der Waals surface area contributed by atoms with E-state index in [0.717, 1.165) is 33.9 Å². The minimum atomic E-state index is -0.592. The standard InChI is InChI=1S/C11H11IN2O/c12-9-6-13-14-7-8(2-3-10(9)14)11(15)4-1-5-11/h2-3,6-7,15H,1,4-5H2. The molecule has 1 saturated carbocycles. The number of hydrogen-bond donors (Lipinski definition) is 1. The number of fused-ring (bicyclic) bond motifs is 1. The molecule has 2 heterocycles. The van der Waals surface area contributed by atoms with Crippen LogP contribution in [0.15, 0.2) is 24.5 Å². The van der Waals surface area contributed by atoms with E-state index in [1.807, 2.05) is 29.0 Å². The Labute approximate surface area is 101 Å². The monoisotopic (exact) mass is 314 g/mol. The van der Waals surface area contributed by atoms with Gasteiger partial charge in [-0.15, -0.1) is 0 Å². The Morgan fingerprint density at radius 1 is 1.40 bits per heavy atom. The summed E-state index contributed by atoms with van der Waals surface area (Å²) in [6, 6.07) is 4.04. The summed E-state index contributed by atoms with van der Waals surface area (Å²) in [5.41, 5.74) is 1.49. The van der Waals surface area contributed by atoms with E-state index in [4.69, 9.17) is 0 Å². The molecule has 1 aliphatic rings. The highest BCUT2D eigenvalue weighted by molar-refractivity contribution is 14.1. The molecule has 0 atom stereocenters. The van der Waals surface area contributed by atoms with E-state index in [1.165, 1.54) is 0 Å². The molecule has 78 valence electrons. The van der Waals surface area contributed by atoms with Crippen LogP contribution in [0.4, 0.5) is 0 Å². The second kappa shape index (κ2) is 3.18. The average molecular weight is 314 g/mol. The second-order valence-corrected chi connectivity index (χ2v) is 5.29. The minimum Gasteiger partial charge on any atom is -0.385 e. The molecular formula is C11H11IN2O. The fourth-order valence-corrected chi connectivity index (χ4v) is 2.58. The van der Waals surface area contributed by atoms with Crippen molar-refractivity contribution >= 4 is 28.1 Å². The average Bonchev–Trinajstić information content (AvgIpc) is 2.56. The molecule has 3 nitrogen and oxygen atoms in total. The van der Waals surface area contributed by atoms with Gasteiger partial charge in [-0.2, -0.15) is 5.10 Å². The molecule has 1 N–H and O–H groups in total. The van der Waals surface area contributed by atoms with Gasteiger partial charge in [0.1, 0.15) is 0 Å². The highest BCUT2D eigenvalue weighted by atomic mass is 127. The molecule has 2 aromatic rings. The molecule has 15 heavy (non-hydrogen) atoms. The molecular weight excluding hydrogens is 303 g/mol. The van der Waals surface area contributed by atoms with Gasteiger partial charge in [-0.05, 0) is 47.9 Å². The van der Waals surface area contributed by atoms with Gasteiger partial charge in [0.25, 0.3) is 0 Å². The molecule has 2 aromatic heterocycles. The predicted molar refractivity (Wildman–Crippen MR) is 65.7 cm³/mol. The molecule has 3 rings (SSSR count). The maximum atomic E-state index is 10.2. The quantitative estimate of drug-likeness (QED) is 0.820. The Morgan fingerprint density at radius 2 is 2.20 bits per heavy atom. The highest BCUT2D eigenvalue weighted by Crippen LogP contribution is 2.40. The third kappa shape index (κ3) is 1.38. The molecule has 4 heteroatoms. The third-order valence-corrected chi connectivity index (χ3v) is 4.02. The molecule has 0 bridgehead atoms. The summed E-state index contributed by atoms with van der Waals surface area (Å²) in [4.78, 5) is 0. The Hall–Kier alpha value is -0.620. The molecule has 0 aliphatic heterocycles. The molecule has 0 aromatic carbocycles. The van der Waals surface area contributed by atoms with Crippen LogP contribution in [0.1, 0.15) is 24.8 Å². The fourth-order valence-electron chi connectivity index (χ4n) is 2.03. The number of aromatic nitrogens is 2. The van der Waals surface area contributed by atoms with Crippen LogP contribution in [0.25, 0.3) is 5.52 Å². The Morgan fingerprint density at radius 3 is 2.87 bits per heavy atom. The molecule has 1 fully saturated rings. The summed E-state index contributed by atoms with van der Waals surface area (Å²) >= 11 is 2.26. The maximum Gasteiger partial charge on any atom is 0.0911 e. The van der Waals surface area contributed by atoms with E-state index in [-0.39, 0.29) is 0 Å². The van der Waals surface area contributed by atoms with Gasteiger partial charge in [0, 0.05) is 11.8 Å². The van der Waals surface area contributed by atoms with Gasteiger partial charge in [-0.3, -0.25) is 0 Å². The second-order valence-electron chi connectivity index (χ2n) is 4.13. The lowest BCUT2D eigenvalue weighted by atomic mass is 9.76. The van der Waals surface area contributed by atoms with Crippen LogP contribution >= 0.6 is 22.6 Å². The van der Waals surface area contributed by atoms with Crippen molar-refractivity contribution in [1.82, 2.24) is 9.61 Å². The largest absolute Gasteiger partial charge is 0.385 e. The first-order valence-corrected chi connectivity index (χ1v) is 6.13. The molecule has 0 amide bonds. The predicted octanol–water partition coefficient (Wildman–Crippen LogP) is 2.31. The topological polar surface area (TPSA) is 37.5 Å². The van der Waals surface area contributed by atoms with Gasteiger partial charge in [0.15, 0.2) is 0 Å². The minimum absolute atomic E-state index is 0.592. The van der Waals surface area contributed by atoms with E-state index < -0.39 is 5.60 Å². The van der Waals surface area contributed by atoms with Gasteiger partial charge in [0.05, 0.1) is 20.9 Å². The van der Waals surface area contributed by atoms with Crippen LogP contribution in [-0.2, 0) is 5.60 Å². The van der Waals surface area contributed by atoms with Gasteiger partial charge in [-0.25, -0.2) is 4.52 Å². The summed E-state index contributed by atoms with van der Waals surface area (Å²) in [6.45, 7) is 0. The smallest absolute Gasteiger partial charge is 0.0911 e. The Bertz CT molecular complexity index is 516. The summed E-state index contributed by atoms with van der Waals surface area (Å²) < 4.78 is 2.98. The van der Waals surface area contributed by atoms with Crippen LogP contribution < -0.4 is 0 Å². The number of nitrogens with zero attached hydrogens (tertiary/aromatic N) is 2. The molecule has 1 aliphatic carbocycles. The first-order valence-electron chi connectivity index (χ1n) is 5.05. The summed E-state index contributed by atoms with van der Waals surface area (Å²) in [6.07, 6.45) is 6.64. The Balaban J connectivity index is 2.14. The van der Waals surface area contributed by atoms with Crippen molar-refractivity contribution in [3.05, 3.63) is 33.7 Å². The van der Waals surface area contributed by atoms with E-state index in [0.29, 0.717) is 0 Å². The molecule has 0 spiro atoms. The van der Waals surface area contributed by atoms with Crippen LogP contribution in [-0.4, -0.2) is 14.7 Å². The number of halogens is 1. The van der Waals surface area contributed by atoms with Crippen molar-refractivity contribution in [3.63, 3.8) is 0 Å². The van der Waals surface area contributed by atoms with E-state index in [2.05, 4.69) is 27.7 Å². The van der Waals surface area contributed by atoms with Gasteiger partial charge >= 0.3 is 0 Å². The first kappa shape index (κ1) is 9.59. The van der Waals surface area contributed by atoms with Crippen molar-refractivity contribution in [1.29, 1.82) is 0 Å². The normalized spacial score (nSPS) is 19.1. The van der Waals surface area contributed by atoms with Crippen molar-refractivity contribution < 1.29 is 5.11 Å². The number of hydrogen-bond acceptors (Lipinski definition) is 2. The summed E-state index contributed by atoms with van der Waals surface area (Å²) in [5, 5.41) is 14.5. The zero-order valence-electron chi connectivity index (χ0n) is 8.15. The van der Waals surface area contributed by atoms with E-state index >= 15 is 0 Å². The molecule has 0 unspecified atom stereocenters. The van der Waals surface area contributed by atoms with E-state index in [9.17, 15) is 5.11 Å². The van der Waals surface area contributed by atoms with Crippen LogP contribution in [0.5, 0.6) is 0 Å². The first-order chi connectivity index (χ1) is 7.19. The zero-order chi connectivity index (χ0) is 10.5. The van der Waals surface area contributed by atoms with E-state index in [1.54, 1.807) is 0 Å². The fraction of sp³-hybridized carbons (Fsp3) is 0.364. The molecule has 0 radical (unpaired) electrons. The number of aliphatic hydroxyl groups is 1. The summed E-state index contributed by atoms with van der Waals surface area (Å²) in [5.74, 6) is 0. The number of rotatable bonds is 1. The molecule has 0 saturated heterocycles. The zero-order valence-corrected chi connectivity index (χ0v) is 10.3. The SMILES string of the molecule is OC1(c2ccc3c(I)cnn3c2)CCC1. The van der Waals surface area contributed by atoms with Crippen molar-refractivity contribution in [2.24, 2.45) is 0 Å². The van der Waals surface area contributed by atoms with Crippen LogP contribution in [0.3, 0.4) is 0 Å². The van der Waals surface area contributed by atoms with Crippen LogP contribution in [0.2, 0.25) is 0 Å². The van der Waals surface area contributed by atoms with Crippen molar-refractivity contribution in [3.8, 4) is 0 Å². The van der Waals surface area contributed by atoms with Gasteiger partial charge in [0.2, 0.25) is 0 Å². The lowest BCUT2D eigenvalue weighted by Crippen LogP contribution is -2.33. The van der Waals surface area contributed by atoms with Crippen molar-refractivity contribution in [2.45, 2.75) is 24.9 Å².